The van der Waals surface area contributed by atoms with E-state index in [0.717, 1.165) is 5.56 Å². The zero-order valence-electron chi connectivity index (χ0n) is 10.6. The van der Waals surface area contributed by atoms with Gasteiger partial charge in [0.15, 0.2) is 5.78 Å². The molecule has 0 aliphatic carbocycles. The van der Waals surface area contributed by atoms with E-state index in [4.69, 9.17) is 5.73 Å². The topological polar surface area (TPSA) is 88.0 Å². The maximum Gasteiger partial charge on any atom is 0.272 e. The van der Waals surface area contributed by atoms with Crippen molar-refractivity contribution < 1.29 is 9.59 Å². The minimum atomic E-state index is -0.284. The van der Waals surface area contributed by atoms with Crippen molar-refractivity contribution in [3.8, 4) is 0 Å². The molecule has 0 saturated heterocycles. The van der Waals surface area contributed by atoms with Gasteiger partial charge in [-0.1, -0.05) is 12.1 Å². The zero-order chi connectivity index (χ0) is 13.8. The van der Waals surface area contributed by atoms with Crippen LogP contribution in [0, 0.1) is 0 Å². The number of hydrogen-bond donors (Lipinski definition) is 3. The molecule has 0 bridgehead atoms. The Morgan fingerprint density at radius 3 is 2.47 bits per heavy atom. The number of carbonyl (C=O) groups is 2. The van der Waals surface area contributed by atoms with E-state index in [1.54, 1.807) is 12.1 Å². The SMILES string of the molecule is CC(=O)c1c[nH]c(C(=O)Nc2ccc(CN)cc2)c1. The number of anilines is 1. The number of nitrogens with one attached hydrogen (secondary N) is 2. The fraction of sp³-hybridized carbons (Fsp3) is 0.143. The van der Waals surface area contributed by atoms with Crippen molar-refractivity contribution in [3.63, 3.8) is 0 Å². The Morgan fingerprint density at radius 1 is 1.26 bits per heavy atom. The number of amides is 1. The lowest BCUT2D eigenvalue weighted by molar-refractivity contribution is 0.101. The maximum atomic E-state index is 11.9. The van der Waals surface area contributed by atoms with Crippen LogP contribution >= 0.6 is 0 Å². The standard InChI is InChI=1S/C14H15N3O2/c1-9(18)11-6-13(16-8-11)14(19)17-12-4-2-10(7-15)3-5-12/h2-6,8,16H,7,15H2,1H3,(H,17,19). The third-order valence-electron chi connectivity index (χ3n) is 2.78. The van der Waals surface area contributed by atoms with Gasteiger partial charge in [-0.3, -0.25) is 9.59 Å². The first kappa shape index (κ1) is 13.0. The summed E-state index contributed by atoms with van der Waals surface area (Å²) < 4.78 is 0. The molecule has 0 saturated carbocycles. The van der Waals surface area contributed by atoms with Gasteiger partial charge in [0.25, 0.3) is 5.91 Å². The van der Waals surface area contributed by atoms with Crippen LogP contribution in [0.2, 0.25) is 0 Å². The van der Waals surface area contributed by atoms with Crippen LogP contribution in [-0.2, 0) is 6.54 Å². The highest BCUT2D eigenvalue weighted by Gasteiger charge is 2.10. The number of hydrogen-bond acceptors (Lipinski definition) is 3. The van der Waals surface area contributed by atoms with Crippen LogP contribution in [0.1, 0.15) is 33.3 Å². The summed E-state index contributed by atoms with van der Waals surface area (Å²) in [4.78, 5) is 25.8. The molecule has 1 amide bonds. The van der Waals surface area contributed by atoms with Gasteiger partial charge in [-0.25, -0.2) is 0 Å². The van der Waals surface area contributed by atoms with Crippen LogP contribution in [0.15, 0.2) is 36.5 Å². The fourth-order valence-corrected chi connectivity index (χ4v) is 1.65. The van der Waals surface area contributed by atoms with Crippen molar-refractivity contribution in [2.75, 3.05) is 5.32 Å². The Kier molecular flexibility index (Phi) is 3.77. The normalized spacial score (nSPS) is 10.2. The molecule has 19 heavy (non-hydrogen) atoms. The second-order valence-corrected chi connectivity index (χ2v) is 4.21. The van der Waals surface area contributed by atoms with Crippen LogP contribution in [0.25, 0.3) is 0 Å². The summed E-state index contributed by atoms with van der Waals surface area (Å²) in [5, 5.41) is 2.74. The van der Waals surface area contributed by atoms with E-state index >= 15 is 0 Å². The molecule has 0 aliphatic heterocycles. The first-order valence-corrected chi connectivity index (χ1v) is 5.90. The Bertz CT molecular complexity index is 599. The molecule has 1 aromatic heterocycles. The van der Waals surface area contributed by atoms with Crippen molar-refractivity contribution in [1.82, 2.24) is 4.98 Å². The molecule has 98 valence electrons. The first-order chi connectivity index (χ1) is 9.10. The van der Waals surface area contributed by atoms with E-state index in [0.29, 0.717) is 23.5 Å². The number of rotatable bonds is 4. The van der Waals surface area contributed by atoms with E-state index in [9.17, 15) is 9.59 Å². The minimum Gasteiger partial charge on any atom is -0.356 e. The van der Waals surface area contributed by atoms with E-state index in [-0.39, 0.29) is 11.7 Å². The van der Waals surface area contributed by atoms with Gasteiger partial charge < -0.3 is 16.0 Å². The Hall–Kier alpha value is -2.40. The molecule has 0 aliphatic rings. The number of benzene rings is 1. The average molecular weight is 257 g/mol. The lowest BCUT2D eigenvalue weighted by atomic mass is 10.2. The van der Waals surface area contributed by atoms with Gasteiger partial charge in [-0.15, -0.1) is 0 Å². The number of carbonyl (C=O) groups excluding carboxylic acids is 2. The third-order valence-corrected chi connectivity index (χ3v) is 2.78. The molecule has 1 heterocycles. The highest BCUT2D eigenvalue weighted by Crippen LogP contribution is 2.11. The van der Waals surface area contributed by atoms with Crippen molar-refractivity contribution in [2.24, 2.45) is 5.73 Å². The number of Topliss-reactive ketones (excluding diaryl/α,β-unsaturated/α-hetero) is 1. The molecule has 4 N–H and O–H groups in total. The van der Waals surface area contributed by atoms with Crippen molar-refractivity contribution >= 4 is 17.4 Å². The molecule has 0 radical (unpaired) electrons. The van der Waals surface area contributed by atoms with Crippen LogP contribution in [0.3, 0.4) is 0 Å². The number of nitrogens with two attached hydrogens (primary N) is 1. The Balaban J connectivity index is 2.08. The molecule has 0 fully saturated rings. The molecular formula is C14H15N3O2. The molecule has 5 nitrogen and oxygen atoms in total. The quantitative estimate of drug-likeness (QED) is 0.731. The maximum absolute atomic E-state index is 11.9. The van der Waals surface area contributed by atoms with Gasteiger partial charge in [-0.05, 0) is 30.7 Å². The lowest BCUT2D eigenvalue weighted by Crippen LogP contribution is -2.12. The Labute approximate surface area is 110 Å². The summed E-state index contributed by atoms with van der Waals surface area (Å²) in [5.74, 6) is -0.365. The second-order valence-electron chi connectivity index (χ2n) is 4.21. The Morgan fingerprint density at radius 2 is 1.95 bits per heavy atom. The molecule has 0 atom stereocenters. The predicted molar refractivity (Wildman–Crippen MR) is 73.1 cm³/mol. The first-order valence-electron chi connectivity index (χ1n) is 5.90. The molecule has 0 unspecified atom stereocenters. The van der Waals surface area contributed by atoms with Crippen LogP contribution in [-0.4, -0.2) is 16.7 Å². The smallest absolute Gasteiger partial charge is 0.272 e. The van der Waals surface area contributed by atoms with Crippen molar-refractivity contribution in [2.45, 2.75) is 13.5 Å². The average Bonchev–Trinajstić information content (AvgIpc) is 2.89. The molecule has 1 aromatic carbocycles. The molecule has 5 heteroatoms. The van der Waals surface area contributed by atoms with Gasteiger partial charge in [0.1, 0.15) is 5.69 Å². The van der Waals surface area contributed by atoms with E-state index in [2.05, 4.69) is 10.3 Å². The summed E-state index contributed by atoms with van der Waals surface area (Å²) in [6.07, 6.45) is 1.52. The highest BCUT2D eigenvalue weighted by molar-refractivity contribution is 6.05. The van der Waals surface area contributed by atoms with Crippen LogP contribution in [0.5, 0.6) is 0 Å². The molecule has 2 rings (SSSR count). The van der Waals surface area contributed by atoms with Gasteiger partial charge in [0.05, 0.1) is 0 Å². The number of aromatic amines is 1. The minimum absolute atomic E-state index is 0.0809. The molecule has 0 spiro atoms. The summed E-state index contributed by atoms with van der Waals surface area (Å²) in [6, 6.07) is 8.81. The summed E-state index contributed by atoms with van der Waals surface area (Å²) in [6.45, 7) is 1.92. The van der Waals surface area contributed by atoms with E-state index in [1.807, 2.05) is 12.1 Å². The molecule has 2 aromatic rings. The fourth-order valence-electron chi connectivity index (χ4n) is 1.65. The predicted octanol–water partition coefficient (Wildman–Crippen LogP) is 1.93. The monoisotopic (exact) mass is 257 g/mol. The van der Waals surface area contributed by atoms with Crippen molar-refractivity contribution in [3.05, 3.63) is 53.3 Å². The van der Waals surface area contributed by atoms with Crippen molar-refractivity contribution in [1.29, 1.82) is 0 Å². The zero-order valence-corrected chi connectivity index (χ0v) is 10.6. The molecular weight excluding hydrogens is 242 g/mol. The van der Waals surface area contributed by atoms with Gasteiger partial charge in [0, 0.05) is 24.0 Å². The highest BCUT2D eigenvalue weighted by atomic mass is 16.2. The van der Waals surface area contributed by atoms with Gasteiger partial charge in [-0.2, -0.15) is 0 Å². The van der Waals surface area contributed by atoms with E-state index in [1.165, 1.54) is 19.2 Å². The summed E-state index contributed by atoms with van der Waals surface area (Å²) in [5.41, 5.74) is 8.02. The lowest BCUT2D eigenvalue weighted by Gasteiger charge is -2.04. The summed E-state index contributed by atoms with van der Waals surface area (Å²) >= 11 is 0. The van der Waals surface area contributed by atoms with Gasteiger partial charge >= 0.3 is 0 Å². The number of ketones is 1. The van der Waals surface area contributed by atoms with Gasteiger partial charge in [0.2, 0.25) is 0 Å². The number of aromatic nitrogens is 1. The van der Waals surface area contributed by atoms with E-state index < -0.39 is 0 Å². The van der Waals surface area contributed by atoms with Crippen LogP contribution in [0.4, 0.5) is 5.69 Å². The van der Waals surface area contributed by atoms with Crippen LogP contribution < -0.4 is 11.1 Å². The largest absolute Gasteiger partial charge is 0.356 e. The number of H-pyrrole nitrogens is 1. The third kappa shape index (κ3) is 3.08. The second kappa shape index (κ2) is 5.49. The summed E-state index contributed by atoms with van der Waals surface area (Å²) in [7, 11) is 0.